The van der Waals surface area contributed by atoms with Gasteiger partial charge in [0.15, 0.2) is 5.16 Å². The van der Waals surface area contributed by atoms with Crippen molar-refractivity contribution in [1.29, 1.82) is 0 Å². The molecule has 1 N–H and O–H groups in total. The molecule has 0 bridgehead atoms. The maximum atomic E-state index is 12.8. The van der Waals surface area contributed by atoms with E-state index in [9.17, 15) is 4.79 Å². The summed E-state index contributed by atoms with van der Waals surface area (Å²) in [6.07, 6.45) is 3.83. The van der Waals surface area contributed by atoms with Gasteiger partial charge in [-0.05, 0) is 37.0 Å². The highest BCUT2D eigenvalue weighted by Gasteiger charge is 2.30. The van der Waals surface area contributed by atoms with Gasteiger partial charge in [-0.1, -0.05) is 60.3 Å². The molecule has 1 fully saturated rings. The van der Waals surface area contributed by atoms with Crippen molar-refractivity contribution in [3.05, 3.63) is 72.1 Å². The number of hydrogen-bond acceptors (Lipinski definition) is 4. The van der Waals surface area contributed by atoms with Crippen molar-refractivity contribution < 1.29 is 4.79 Å². The molecule has 0 aliphatic heterocycles. The summed E-state index contributed by atoms with van der Waals surface area (Å²) >= 11 is 1.43. The first-order chi connectivity index (χ1) is 12.7. The summed E-state index contributed by atoms with van der Waals surface area (Å²) in [5.74, 6) is 0.0306. The molecule has 4 rings (SSSR count). The van der Waals surface area contributed by atoms with Crippen molar-refractivity contribution in [2.24, 2.45) is 0 Å². The highest BCUT2D eigenvalue weighted by molar-refractivity contribution is 8.00. The standard InChI is InChI=1S/C20H20N4OS/c1-14-7-5-6-10-17(14)24-13-21-23-20(24)26-18(15-8-3-2-4-9-15)19(25)22-16-11-12-16/h2-10,13,16,18H,11-12H2,1H3,(H,22,25)/t18-/m1/s1. The fourth-order valence-corrected chi connectivity index (χ4v) is 3.85. The first kappa shape index (κ1) is 16.8. The van der Waals surface area contributed by atoms with Gasteiger partial charge in [-0.25, -0.2) is 0 Å². The zero-order valence-corrected chi connectivity index (χ0v) is 15.3. The minimum atomic E-state index is -0.358. The number of benzene rings is 2. The summed E-state index contributed by atoms with van der Waals surface area (Å²) in [7, 11) is 0. The smallest absolute Gasteiger partial charge is 0.238 e. The SMILES string of the molecule is Cc1ccccc1-n1cnnc1S[C@@H](C(=O)NC1CC1)c1ccccc1. The molecule has 2 aromatic carbocycles. The molecule has 26 heavy (non-hydrogen) atoms. The number of rotatable bonds is 6. The second-order valence-electron chi connectivity index (χ2n) is 6.46. The monoisotopic (exact) mass is 364 g/mol. The summed E-state index contributed by atoms with van der Waals surface area (Å²) < 4.78 is 1.94. The van der Waals surface area contributed by atoms with Crippen LogP contribution < -0.4 is 5.32 Å². The summed E-state index contributed by atoms with van der Waals surface area (Å²) in [6.45, 7) is 2.05. The minimum Gasteiger partial charge on any atom is -0.352 e. The Morgan fingerprint density at radius 1 is 1.15 bits per heavy atom. The highest BCUT2D eigenvalue weighted by Crippen LogP contribution is 2.36. The largest absolute Gasteiger partial charge is 0.352 e. The van der Waals surface area contributed by atoms with Gasteiger partial charge < -0.3 is 5.32 Å². The van der Waals surface area contributed by atoms with Crippen LogP contribution in [0.2, 0.25) is 0 Å². The molecule has 0 radical (unpaired) electrons. The maximum Gasteiger partial charge on any atom is 0.238 e. The lowest BCUT2D eigenvalue weighted by molar-refractivity contribution is -0.120. The number of hydrogen-bond donors (Lipinski definition) is 1. The van der Waals surface area contributed by atoms with Crippen LogP contribution in [0, 0.1) is 6.92 Å². The van der Waals surface area contributed by atoms with E-state index in [0.717, 1.165) is 29.7 Å². The predicted molar refractivity (Wildman–Crippen MR) is 102 cm³/mol. The van der Waals surface area contributed by atoms with E-state index in [4.69, 9.17) is 0 Å². The number of aromatic nitrogens is 3. The molecule has 0 saturated heterocycles. The molecule has 1 heterocycles. The fraction of sp³-hybridized carbons (Fsp3) is 0.250. The van der Waals surface area contributed by atoms with Gasteiger partial charge in [0.1, 0.15) is 11.6 Å². The van der Waals surface area contributed by atoms with Crippen molar-refractivity contribution in [2.45, 2.75) is 36.2 Å². The van der Waals surface area contributed by atoms with Crippen LogP contribution in [0.4, 0.5) is 0 Å². The molecular formula is C20H20N4OS. The lowest BCUT2D eigenvalue weighted by atomic mass is 10.1. The second-order valence-corrected chi connectivity index (χ2v) is 7.53. The van der Waals surface area contributed by atoms with Gasteiger partial charge in [0, 0.05) is 6.04 Å². The summed E-state index contributed by atoms with van der Waals surface area (Å²) in [5, 5.41) is 11.8. The van der Waals surface area contributed by atoms with Crippen LogP contribution >= 0.6 is 11.8 Å². The molecule has 1 amide bonds. The number of carbonyl (C=O) groups is 1. The Morgan fingerprint density at radius 2 is 1.88 bits per heavy atom. The molecule has 0 unspecified atom stereocenters. The lowest BCUT2D eigenvalue weighted by Gasteiger charge is -2.17. The third-order valence-electron chi connectivity index (χ3n) is 4.38. The van der Waals surface area contributed by atoms with E-state index in [-0.39, 0.29) is 11.2 Å². The number of para-hydroxylation sites is 1. The van der Waals surface area contributed by atoms with Crippen LogP contribution in [0.25, 0.3) is 5.69 Å². The van der Waals surface area contributed by atoms with Crippen LogP contribution in [0.1, 0.15) is 29.2 Å². The molecule has 132 valence electrons. The van der Waals surface area contributed by atoms with Crippen molar-refractivity contribution in [3.8, 4) is 5.69 Å². The van der Waals surface area contributed by atoms with E-state index in [1.807, 2.05) is 53.1 Å². The lowest BCUT2D eigenvalue weighted by Crippen LogP contribution is -2.29. The molecule has 1 saturated carbocycles. The minimum absolute atomic E-state index is 0.0306. The van der Waals surface area contributed by atoms with Gasteiger partial charge in [0.25, 0.3) is 0 Å². The summed E-state index contributed by atoms with van der Waals surface area (Å²) in [5.41, 5.74) is 3.12. The van der Waals surface area contributed by atoms with Crippen LogP contribution in [0.5, 0.6) is 0 Å². The van der Waals surface area contributed by atoms with E-state index >= 15 is 0 Å². The van der Waals surface area contributed by atoms with Gasteiger partial charge >= 0.3 is 0 Å². The van der Waals surface area contributed by atoms with Crippen LogP contribution in [0.15, 0.2) is 66.1 Å². The Labute approximate surface area is 156 Å². The maximum absolute atomic E-state index is 12.8. The van der Waals surface area contributed by atoms with Crippen LogP contribution in [0.3, 0.4) is 0 Å². The first-order valence-electron chi connectivity index (χ1n) is 8.70. The topological polar surface area (TPSA) is 59.8 Å². The Balaban J connectivity index is 1.65. The van der Waals surface area contributed by atoms with Crippen LogP contribution in [-0.2, 0) is 4.79 Å². The van der Waals surface area contributed by atoms with E-state index < -0.39 is 0 Å². The van der Waals surface area contributed by atoms with E-state index in [1.54, 1.807) is 6.33 Å². The van der Waals surface area contributed by atoms with E-state index in [2.05, 4.69) is 28.5 Å². The van der Waals surface area contributed by atoms with E-state index in [0.29, 0.717) is 11.2 Å². The normalized spacial score (nSPS) is 14.8. The average molecular weight is 364 g/mol. The molecule has 1 aliphatic carbocycles. The Morgan fingerprint density at radius 3 is 2.62 bits per heavy atom. The first-order valence-corrected chi connectivity index (χ1v) is 9.58. The van der Waals surface area contributed by atoms with Crippen molar-refractivity contribution in [3.63, 3.8) is 0 Å². The number of thioether (sulfide) groups is 1. The molecule has 3 aromatic rings. The highest BCUT2D eigenvalue weighted by atomic mass is 32.2. The van der Waals surface area contributed by atoms with Crippen molar-refractivity contribution in [1.82, 2.24) is 20.1 Å². The Bertz CT molecular complexity index is 905. The zero-order valence-electron chi connectivity index (χ0n) is 14.5. The van der Waals surface area contributed by atoms with Gasteiger partial charge in [0.2, 0.25) is 5.91 Å². The fourth-order valence-electron chi connectivity index (χ4n) is 2.81. The molecule has 0 spiro atoms. The van der Waals surface area contributed by atoms with E-state index in [1.165, 1.54) is 11.8 Å². The van der Waals surface area contributed by atoms with Gasteiger partial charge in [-0.15, -0.1) is 10.2 Å². The molecule has 1 aromatic heterocycles. The summed E-state index contributed by atoms with van der Waals surface area (Å²) in [4.78, 5) is 12.8. The molecule has 1 atom stereocenters. The second kappa shape index (κ2) is 7.33. The Hall–Kier alpha value is -2.60. The molecular weight excluding hydrogens is 344 g/mol. The quantitative estimate of drug-likeness (QED) is 0.678. The van der Waals surface area contributed by atoms with Crippen molar-refractivity contribution >= 4 is 17.7 Å². The molecule has 6 heteroatoms. The molecule has 5 nitrogen and oxygen atoms in total. The number of aryl methyl sites for hydroxylation is 1. The number of nitrogens with zero attached hydrogens (tertiary/aromatic N) is 3. The van der Waals surface area contributed by atoms with Crippen molar-refractivity contribution in [2.75, 3.05) is 0 Å². The predicted octanol–water partition coefficient (Wildman–Crippen LogP) is 3.69. The zero-order chi connectivity index (χ0) is 17.9. The average Bonchev–Trinajstić information content (AvgIpc) is 3.35. The number of carbonyl (C=O) groups excluding carboxylic acids is 1. The van der Waals surface area contributed by atoms with Gasteiger partial charge in [0.05, 0.1) is 5.69 Å². The number of nitrogens with one attached hydrogen (secondary N) is 1. The Kier molecular flexibility index (Phi) is 4.75. The summed E-state index contributed by atoms with van der Waals surface area (Å²) in [6, 6.07) is 18.2. The van der Waals surface area contributed by atoms with Gasteiger partial charge in [-0.3, -0.25) is 9.36 Å². The third-order valence-corrected chi connectivity index (χ3v) is 5.59. The third kappa shape index (κ3) is 3.65. The number of amides is 1. The van der Waals surface area contributed by atoms with Crippen LogP contribution in [-0.4, -0.2) is 26.7 Å². The molecule has 1 aliphatic rings. The van der Waals surface area contributed by atoms with Gasteiger partial charge in [-0.2, -0.15) is 0 Å².